The first-order chi connectivity index (χ1) is 13.5. The summed E-state index contributed by atoms with van der Waals surface area (Å²) in [6, 6.07) is 10.7. The topological polar surface area (TPSA) is 80.1 Å². The number of imidazole rings is 1. The van der Waals surface area contributed by atoms with Crippen molar-refractivity contribution in [3.05, 3.63) is 60.2 Å². The predicted molar refractivity (Wildman–Crippen MR) is 108 cm³/mol. The van der Waals surface area contributed by atoms with Gasteiger partial charge in [0.15, 0.2) is 0 Å². The lowest BCUT2D eigenvalue weighted by atomic mass is 10.2. The highest BCUT2D eigenvalue weighted by atomic mass is 16.2. The summed E-state index contributed by atoms with van der Waals surface area (Å²) < 4.78 is 1.89. The molecule has 3 rings (SSSR count). The fourth-order valence-corrected chi connectivity index (χ4v) is 3.24. The predicted octanol–water partition coefficient (Wildman–Crippen LogP) is 2.79. The number of amides is 2. The zero-order chi connectivity index (χ0) is 20.1. The van der Waals surface area contributed by atoms with Gasteiger partial charge in [-0.05, 0) is 45.0 Å². The molecule has 28 heavy (non-hydrogen) atoms. The van der Waals surface area contributed by atoms with Crippen molar-refractivity contribution in [2.75, 3.05) is 13.1 Å². The second-order valence-corrected chi connectivity index (χ2v) is 6.55. The first kappa shape index (κ1) is 19.5. The molecule has 0 radical (unpaired) electrons. The summed E-state index contributed by atoms with van der Waals surface area (Å²) in [5.41, 5.74) is 2.16. The maximum absolute atomic E-state index is 12.7. The van der Waals surface area contributed by atoms with Gasteiger partial charge in [0.05, 0.1) is 22.6 Å². The largest absolute Gasteiger partial charge is 0.342 e. The molecule has 7 nitrogen and oxygen atoms in total. The maximum Gasteiger partial charge on any atom is 0.253 e. The molecule has 0 spiro atoms. The van der Waals surface area contributed by atoms with Gasteiger partial charge in [-0.1, -0.05) is 12.1 Å². The van der Waals surface area contributed by atoms with Crippen LogP contribution in [0.1, 0.15) is 43.0 Å². The van der Waals surface area contributed by atoms with E-state index in [-0.39, 0.29) is 24.4 Å². The second kappa shape index (κ2) is 8.65. The van der Waals surface area contributed by atoms with Gasteiger partial charge in [0, 0.05) is 25.5 Å². The summed E-state index contributed by atoms with van der Waals surface area (Å²) >= 11 is 0. The average Bonchev–Trinajstić information content (AvgIpc) is 3.08. The molecule has 0 saturated carbocycles. The number of carbonyl (C=O) groups is 2. The summed E-state index contributed by atoms with van der Waals surface area (Å²) in [6.45, 7) is 7.30. The van der Waals surface area contributed by atoms with Crippen LogP contribution in [0.4, 0.5) is 0 Å². The highest BCUT2D eigenvalue weighted by Crippen LogP contribution is 2.21. The molecule has 1 atom stereocenters. The quantitative estimate of drug-likeness (QED) is 0.684. The van der Waals surface area contributed by atoms with Crippen LogP contribution >= 0.6 is 0 Å². The van der Waals surface area contributed by atoms with Crippen LogP contribution in [0.25, 0.3) is 11.0 Å². The van der Waals surface area contributed by atoms with Gasteiger partial charge in [-0.15, -0.1) is 0 Å². The first-order valence-electron chi connectivity index (χ1n) is 9.49. The molecule has 146 valence electrons. The fraction of sp³-hybridized carbons (Fsp3) is 0.333. The second-order valence-electron chi connectivity index (χ2n) is 6.55. The molecule has 0 aliphatic heterocycles. The van der Waals surface area contributed by atoms with Crippen LogP contribution in [0.5, 0.6) is 0 Å². The van der Waals surface area contributed by atoms with Crippen LogP contribution in [-0.4, -0.2) is 44.3 Å². The smallest absolute Gasteiger partial charge is 0.253 e. The Hall–Kier alpha value is -3.22. The molecular weight excluding hydrogens is 354 g/mol. The highest BCUT2D eigenvalue weighted by Gasteiger charge is 2.21. The number of likely N-dealkylation sites (N-methyl/N-ethyl adjacent to an activating group) is 1. The number of fused-ring (bicyclic) bond motifs is 1. The van der Waals surface area contributed by atoms with Crippen molar-refractivity contribution in [3.8, 4) is 0 Å². The van der Waals surface area contributed by atoms with E-state index in [0.29, 0.717) is 24.5 Å². The first-order valence-corrected chi connectivity index (χ1v) is 9.49. The Balaban J connectivity index is 1.91. The number of para-hydroxylation sites is 2. The number of aromatic nitrogens is 3. The van der Waals surface area contributed by atoms with E-state index in [1.165, 1.54) is 6.20 Å². The van der Waals surface area contributed by atoms with Crippen LogP contribution in [0.15, 0.2) is 48.8 Å². The van der Waals surface area contributed by atoms with Crippen molar-refractivity contribution in [2.24, 2.45) is 0 Å². The lowest BCUT2D eigenvalue weighted by Crippen LogP contribution is -2.35. The lowest BCUT2D eigenvalue weighted by Gasteiger charge is -2.21. The van der Waals surface area contributed by atoms with Crippen LogP contribution < -0.4 is 5.32 Å². The Kier molecular flexibility index (Phi) is 6.03. The normalized spacial score (nSPS) is 12.0. The molecule has 3 aromatic rings. The van der Waals surface area contributed by atoms with Gasteiger partial charge in [0.25, 0.3) is 5.91 Å². The van der Waals surface area contributed by atoms with Crippen molar-refractivity contribution in [1.29, 1.82) is 0 Å². The zero-order valence-corrected chi connectivity index (χ0v) is 16.4. The molecule has 2 amide bonds. The highest BCUT2D eigenvalue weighted by molar-refractivity contribution is 5.94. The van der Waals surface area contributed by atoms with Crippen molar-refractivity contribution in [3.63, 3.8) is 0 Å². The molecule has 7 heteroatoms. The Labute approximate surface area is 164 Å². The van der Waals surface area contributed by atoms with Gasteiger partial charge in [-0.25, -0.2) is 4.98 Å². The van der Waals surface area contributed by atoms with Gasteiger partial charge < -0.3 is 14.8 Å². The molecule has 0 aliphatic rings. The molecule has 1 aromatic carbocycles. The SMILES string of the molecule is CCN(CC)C(=O)Cn1c(C(C)NC(=O)c2cccnc2)nc2ccccc21. The molecule has 0 saturated heterocycles. The monoisotopic (exact) mass is 379 g/mol. The average molecular weight is 379 g/mol. The number of nitrogens with zero attached hydrogens (tertiary/aromatic N) is 4. The summed E-state index contributed by atoms with van der Waals surface area (Å²) in [6.07, 6.45) is 3.15. The Bertz CT molecular complexity index is 963. The van der Waals surface area contributed by atoms with Crippen molar-refractivity contribution >= 4 is 22.8 Å². The molecule has 1 unspecified atom stereocenters. The van der Waals surface area contributed by atoms with Crippen LogP contribution in [-0.2, 0) is 11.3 Å². The number of nitrogens with one attached hydrogen (secondary N) is 1. The van der Waals surface area contributed by atoms with Gasteiger partial charge in [-0.3, -0.25) is 14.6 Å². The fourth-order valence-electron chi connectivity index (χ4n) is 3.24. The minimum absolute atomic E-state index is 0.0280. The Morgan fingerprint density at radius 3 is 2.57 bits per heavy atom. The van der Waals surface area contributed by atoms with E-state index in [0.717, 1.165) is 11.0 Å². The van der Waals surface area contributed by atoms with Gasteiger partial charge in [0.1, 0.15) is 12.4 Å². The summed E-state index contributed by atoms with van der Waals surface area (Å²) in [5.74, 6) is 0.452. The van der Waals surface area contributed by atoms with Crippen LogP contribution in [0.3, 0.4) is 0 Å². The minimum atomic E-state index is -0.371. The molecule has 2 aromatic heterocycles. The number of hydrogen-bond donors (Lipinski definition) is 1. The van der Waals surface area contributed by atoms with Crippen LogP contribution in [0, 0.1) is 0 Å². The molecule has 1 N–H and O–H groups in total. The third-order valence-electron chi connectivity index (χ3n) is 4.75. The van der Waals surface area contributed by atoms with E-state index in [1.807, 2.05) is 49.6 Å². The summed E-state index contributed by atoms with van der Waals surface area (Å²) in [7, 11) is 0. The molecule has 0 bridgehead atoms. The van der Waals surface area contributed by atoms with Gasteiger partial charge in [0.2, 0.25) is 5.91 Å². The standard InChI is InChI=1S/C21H25N5O2/c1-4-25(5-2)19(27)14-26-18-11-7-6-10-17(18)24-20(26)15(3)23-21(28)16-9-8-12-22-13-16/h6-13,15H,4-5,14H2,1-3H3,(H,23,28). The zero-order valence-electron chi connectivity index (χ0n) is 16.4. The van der Waals surface area contributed by atoms with Crippen molar-refractivity contribution in [1.82, 2.24) is 24.8 Å². The number of pyridine rings is 1. The minimum Gasteiger partial charge on any atom is -0.342 e. The van der Waals surface area contributed by atoms with Crippen molar-refractivity contribution < 1.29 is 9.59 Å². The van der Waals surface area contributed by atoms with E-state index in [4.69, 9.17) is 0 Å². The molecule has 2 heterocycles. The third kappa shape index (κ3) is 4.03. The number of hydrogen-bond acceptors (Lipinski definition) is 4. The van der Waals surface area contributed by atoms with E-state index in [9.17, 15) is 9.59 Å². The Morgan fingerprint density at radius 1 is 1.14 bits per heavy atom. The van der Waals surface area contributed by atoms with Gasteiger partial charge in [-0.2, -0.15) is 0 Å². The van der Waals surface area contributed by atoms with E-state index in [2.05, 4.69) is 15.3 Å². The van der Waals surface area contributed by atoms with Gasteiger partial charge >= 0.3 is 0 Å². The van der Waals surface area contributed by atoms with E-state index in [1.54, 1.807) is 23.2 Å². The molecule has 0 aliphatic carbocycles. The lowest BCUT2D eigenvalue weighted by molar-refractivity contribution is -0.131. The van der Waals surface area contributed by atoms with E-state index >= 15 is 0 Å². The number of benzene rings is 1. The third-order valence-corrected chi connectivity index (χ3v) is 4.75. The summed E-state index contributed by atoms with van der Waals surface area (Å²) in [5, 5.41) is 2.96. The molecule has 0 fully saturated rings. The summed E-state index contributed by atoms with van der Waals surface area (Å²) in [4.78, 5) is 35.7. The maximum atomic E-state index is 12.7. The van der Waals surface area contributed by atoms with Crippen LogP contribution in [0.2, 0.25) is 0 Å². The Morgan fingerprint density at radius 2 is 1.89 bits per heavy atom. The molecular formula is C21H25N5O2. The number of carbonyl (C=O) groups excluding carboxylic acids is 2. The van der Waals surface area contributed by atoms with E-state index < -0.39 is 0 Å². The number of rotatable bonds is 7. The van der Waals surface area contributed by atoms with Crippen molar-refractivity contribution in [2.45, 2.75) is 33.4 Å².